The third-order valence-corrected chi connectivity index (χ3v) is 3.65. The fourth-order valence-corrected chi connectivity index (χ4v) is 2.34. The third kappa shape index (κ3) is 4.07. The Morgan fingerprint density at radius 1 is 1.30 bits per heavy atom. The molecule has 0 aliphatic heterocycles. The maximum Gasteiger partial charge on any atom is 0.158 e. The van der Waals surface area contributed by atoms with Crippen LogP contribution in [0.3, 0.4) is 0 Å². The first-order chi connectivity index (χ1) is 9.55. The van der Waals surface area contributed by atoms with Crippen molar-refractivity contribution in [1.82, 2.24) is 9.97 Å². The first-order valence-electron chi connectivity index (χ1n) is 7.44. The van der Waals surface area contributed by atoms with E-state index < -0.39 is 0 Å². The third-order valence-electron chi connectivity index (χ3n) is 3.65. The van der Waals surface area contributed by atoms with Crippen LogP contribution < -0.4 is 10.6 Å². The van der Waals surface area contributed by atoms with E-state index >= 15 is 0 Å². The predicted octanol–water partition coefficient (Wildman–Crippen LogP) is 3.05. The van der Waals surface area contributed by atoms with Gasteiger partial charge in [0, 0.05) is 25.3 Å². The van der Waals surface area contributed by atoms with Gasteiger partial charge in [0.25, 0.3) is 0 Å². The molecule has 0 bridgehead atoms. The van der Waals surface area contributed by atoms with E-state index in [1.807, 2.05) is 6.07 Å². The van der Waals surface area contributed by atoms with Crippen molar-refractivity contribution in [3.05, 3.63) is 11.9 Å². The van der Waals surface area contributed by atoms with Crippen molar-refractivity contribution >= 4 is 11.6 Å². The van der Waals surface area contributed by atoms with Crippen LogP contribution in [0.15, 0.2) is 6.07 Å². The highest BCUT2D eigenvalue weighted by atomic mass is 16.5. The van der Waals surface area contributed by atoms with Crippen molar-refractivity contribution in [3.63, 3.8) is 0 Å². The van der Waals surface area contributed by atoms with Crippen LogP contribution in [0.1, 0.15) is 45.9 Å². The second-order valence-electron chi connectivity index (χ2n) is 6.04. The van der Waals surface area contributed by atoms with E-state index in [0.29, 0.717) is 12.4 Å². The van der Waals surface area contributed by atoms with Gasteiger partial charge in [-0.2, -0.15) is 0 Å². The van der Waals surface area contributed by atoms with Crippen molar-refractivity contribution in [2.45, 2.75) is 52.2 Å². The zero-order valence-corrected chi connectivity index (χ0v) is 13.0. The first kappa shape index (κ1) is 15.0. The first-order valence-corrected chi connectivity index (χ1v) is 7.44. The van der Waals surface area contributed by atoms with Crippen LogP contribution in [0.2, 0.25) is 0 Å². The number of nitrogens with zero attached hydrogens (tertiary/aromatic N) is 2. The number of anilines is 2. The molecule has 5 heteroatoms. The van der Waals surface area contributed by atoms with E-state index in [2.05, 4.69) is 41.4 Å². The number of hydrogen-bond donors (Lipinski definition) is 2. The summed E-state index contributed by atoms with van der Waals surface area (Å²) in [5, 5.41) is 6.87. The minimum atomic E-state index is 0.0840. The van der Waals surface area contributed by atoms with Gasteiger partial charge in [0.2, 0.25) is 0 Å². The van der Waals surface area contributed by atoms with Crippen molar-refractivity contribution in [2.24, 2.45) is 5.92 Å². The number of hydrogen-bond acceptors (Lipinski definition) is 5. The van der Waals surface area contributed by atoms with E-state index in [1.54, 1.807) is 7.11 Å². The highest BCUT2D eigenvalue weighted by molar-refractivity contribution is 5.49. The highest BCUT2D eigenvalue weighted by Gasteiger charge is 2.37. The number of methoxy groups -OCH3 is 1. The topological polar surface area (TPSA) is 59.1 Å². The second kappa shape index (κ2) is 6.39. The molecule has 1 aliphatic carbocycles. The second-order valence-corrected chi connectivity index (χ2v) is 6.04. The minimum absolute atomic E-state index is 0.0840. The summed E-state index contributed by atoms with van der Waals surface area (Å²) in [7, 11) is 1.66. The molecule has 1 saturated carbocycles. The summed E-state index contributed by atoms with van der Waals surface area (Å²) in [5.41, 5.74) is 0.0840. The van der Waals surface area contributed by atoms with Crippen molar-refractivity contribution in [2.75, 3.05) is 24.3 Å². The van der Waals surface area contributed by atoms with E-state index in [1.165, 1.54) is 12.8 Å². The molecule has 0 atom stereocenters. The molecular formula is C15H26N4O. The summed E-state index contributed by atoms with van der Waals surface area (Å²) < 4.78 is 5.15. The summed E-state index contributed by atoms with van der Waals surface area (Å²) in [6.07, 6.45) is 3.67. The number of aromatic nitrogens is 2. The molecule has 2 rings (SSSR count). The molecule has 5 nitrogen and oxygen atoms in total. The van der Waals surface area contributed by atoms with Gasteiger partial charge < -0.3 is 15.4 Å². The van der Waals surface area contributed by atoms with Gasteiger partial charge in [-0.3, -0.25) is 0 Å². The molecule has 1 aliphatic rings. The van der Waals surface area contributed by atoms with Gasteiger partial charge in [-0.1, -0.05) is 6.92 Å². The lowest BCUT2D eigenvalue weighted by atomic mass is 9.99. The summed E-state index contributed by atoms with van der Waals surface area (Å²) in [4.78, 5) is 9.00. The van der Waals surface area contributed by atoms with Gasteiger partial charge >= 0.3 is 0 Å². The molecule has 0 spiro atoms. The Morgan fingerprint density at radius 2 is 2.00 bits per heavy atom. The lowest BCUT2D eigenvalue weighted by molar-refractivity contribution is 0.178. The monoisotopic (exact) mass is 278 g/mol. The summed E-state index contributed by atoms with van der Waals surface area (Å²) in [5.74, 6) is 3.20. The summed E-state index contributed by atoms with van der Waals surface area (Å²) in [6.45, 7) is 7.96. The lowest BCUT2D eigenvalue weighted by Gasteiger charge is -2.27. The fourth-order valence-electron chi connectivity index (χ4n) is 2.34. The number of ether oxygens (including phenoxy) is 1. The van der Waals surface area contributed by atoms with Gasteiger partial charge in [-0.15, -0.1) is 0 Å². The van der Waals surface area contributed by atoms with E-state index in [0.717, 1.165) is 30.5 Å². The highest BCUT2D eigenvalue weighted by Crippen LogP contribution is 2.40. The Balaban J connectivity index is 2.14. The Morgan fingerprint density at radius 3 is 2.60 bits per heavy atom. The smallest absolute Gasteiger partial charge is 0.158 e. The molecule has 0 saturated heterocycles. The molecular weight excluding hydrogens is 252 g/mol. The molecule has 112 valence electrons. The van der Waals surface area contributed by atoms with Gasteiger partial charge in [0.05, 0.1) is 0 Å². The largest absolute Gasteiger partial charge is 0.377 e. The molecule has 0 aromatic carbocycles. The molecule has 1 fully saturated rings. The fraction of sp³-hybridized carbons (Fsp3) is 0.733. The SMILES string of the molecule is CCCNc1cc(NC(C)(C)C2CC2)nc(COC)n1. The average Bonchev–Trinajstić information content (AvgIpc) is 3.20. The maximum absolute atomic E-state index is 5.15. The van der Waals surface area contributed by atoms with Gasteiger partial charge in [0.15, 0.2) is 5.82 Å². The molecule has 0 amide bonds. The summed E-state index contributed by atoms with van der Waals surface area (Å²) in [6, 6.07) is 1.99. The molecule has 1 aromatic rings. The van der Waals surface area contributed by atoms with Crippen molar-refractivity contribution in [3.8, 4) is 0 Å². The van der Waals surface area contributed by atoms with E-state index in [9.17, 15) is 0 Å². The molecule has 2 N–H and O–H groups in total. The predicted molar refractivity (Wildman–Crippen MR) is 82.0 cm³/mol. The molecule has 1 aromatic heterocycles. The zero-order valence-electron chi connectivity index (χ0n) is 13.0. The Hall–Kier alpha value is -1.36. The van der Waals surface area contributed by atoms with Gasteiger partial charge in [0.1, 0.15) is 18.2 Å². The van der Waals surface area contributed by atoms with Crippen LogP contribution in [-0.2, 0) is 11.3 Å². The van der Waals surface area contributed by atoms with Gasteiger partial charge in [-0.05, 0) is 39.0 Å². The van der Waals surface area contributed by atoms with Crippen LogP contribution in [0.5, 0.6) is 0 Å². The minimum Gasteiger partial charge on any atom is -0.377 e. The van der Waals surface area contributed by atoms with Crippen LogP contribution in [0, 0.1) is 5.92 Å². The van der Waals surface area contributed by atoms with Crippen LogP contribution in [0.25, 0.3) is 0 Å². The standard InChI is InChI=1S/C15H26N4O/c1-5-8-16-12-9-13(18-14(17-12)10-20-4)19-15(2,3)11-6-7-11/h9,11H,5-8,10H2,1-4H3,(H2,16,17,18,19). The normalized spacial score (nSPS) is 15.2. The number of rotatable bonds is 8. The Kier molecular flexibility index (Phi) is 4.81. The van der Waals surface area contributed by atoms with Crippen LogP contribution in [-0.4, -0.2) is 29.2 Å². The Bertz CT molecular complexity index is 443. The zero-order chi connectivity index (χ0) is 14.6. The van der Waals surface area contributed by atoms with E-state index in [4.69, 9.17) is 4.74 Å². The molecule has 0 radical (unpaired) electrons. The quantitative estimate of drug-likeness (QED) is 0.765. The van der Waals surface area contributed by atoms with Crippen LogP contribution in [0.4, 0.5) is 11.6 Å². The van der Waals surface area contributed by atoms with E-state index in [-0.39, 0.29) is 5.54 Å². The summed E-state index contributed by atoms with van der Waals surface area (Å²) >= 11 is 0. The average molecular weight is 278 g/mol. The molecule has 1 heterocycles. The van der Waals surface area contributed by atoms with Crippen molar-refractivity contribution in [1.29, 1.82) is 0 Å². The lowest BCUT2D eigenvalue weighted by Crippen LogP contribution is -2.33. The van der Waals surface area contributed by atoms with Crippen LogP contribution >= 0.6 is 0 Å². The molecule has 0 unspecified atom stereocenters. The molecule has 20 heavy (non-hydrogen) atoms. The number of nitrogens with one attached hydrogen (secondary N) is 2. The van der Waals surface area contributed by atoms with Crippen molar-refractivity contribution < 1.29 is 4.74 Å². The van der Waals surface area contributed by atoms with Gasteiger partial charge in [-0.25, -0.2) is 9.97 Å². The Labute approximate surface area is 121 Å². The maximum atomic E-state index is 5.15.